The number of hydrogen-bond donors (Lipinski definition) is 1. The Bertz CT molecular complexity index is 401. The van der Waals surface area contributed by atoms with Crippen molar-refractivity contribution in [3.8, 4) is 0 Å². The quantitative estimate of drug-likeness (QED) is 0.452. The van der Waals surface area contributed by atoms with Gasteiger partial charge in [-0.05, 0) is 5.56 Å². The normalized spacial score (nSPS) is 10.2. The fourth-order valence-corrected chi connectivity index (χ4v) is 1.21. The van der Waals surface area contributed by atoms with Crippen LogP contribution in [0.1, 0.15) is 5.56 Å². The van der Waals surface area contributed by atoms with Crippen molar-refractivity contribution in [3.05, 3.63) is 44.0 Å². The van der Waals surface area contributed by atoms with E-state index in [2.05, 4.69) is 0 Å². The van der Waals surface area contributed by atoms with Crippen molar-refractivity contribution in [2.75, 3.05) is 13.2 Å². The summed E-state index contributed by atoms with van der Waals surface area (Å²) in [7, 11) is 0. The van der Waals surface area contributed by atoms with Crippen LogP contribution in [-0.2, 0) is 11.3 Å². The van der Waals surface area contributed by atoms with Crippen molar-refractivity contribution < 1.29 is 19.7 Å². The van der Waals surface area contributed by atoms with E-state index in [-0.39, 0.29) is 31.2 Å². The molecule has 8 heteroatoms. The Morgan fingerprint density at radius 3 is 2.06 bits per heavy atom. The average molecular weight is 242 g/mol. The van der Waals surface area contributed by atoms with Crippen molar-refractivity contribution in [3.63, 3.8) is 0 Å². The first kappa shape index (κ1) is 13.0. The molecule has 0 fully saturated rings. The summed E-state index contributed by atoms with van der Waals surface area (Å²) in [6.45, 7) is -0.142. The number of ether oxygens (including phenoxy) is 1. The fraction of sp³-hybridized carbons (Fsp3) is 0.333. The van der Waals surface area contributed by atoms with Crippen molar-refractivity contribution in [1.82, 2.24) is 0 Å². The lowest BCUT2D eigenvalue weighted by molar-refractivity contribution is -0.394. The van der Waals surface area contributed by atoms with Crippen LogP contribution < -0.4 is 0 Å². The summed E-state index contributed by atoms with van der Waals surface area (Å²) in [5.74, 6) is 0. The maximum absolute atomic E-state index is 10.6. The van der Waals surface area contributed by atoms with Crippen LogP contribution in [0.2, 0.25) is 0 Å². The van der Waals surface area contributed by atoms with Gasteiger partial charge < -0.3 is 9.84 Å². The summed E-state index contributed by atoms with van der Waals surface area (Å²) in [6, 6.07) is 3.28. The van der Waals surface area contributed by atoms with Gasteiger partial charge in [-0.1, -0.05) is 0 Å². The third-order valence-electron chi connectivity index (χ3n) is 1.89. The molecule has 92 valence electrons. The highest BCUT2D eigenvalue weighted by molar-refractivity contribution is 5.46. The first-order valence-corrected chi connectivity index (χ1v) is 4.66. The van der Waals surface area contributed by atoms with Gasteiger partial charge >= 0.3 is 0 Å². The first-order valence-electron chi connectivity index (χ1n) is 4.66. The van der Waals surface area contributed by atoms with Crippen LogP contribution in [-0.4, -0.2) is 28.2 Å². The second-order valence-corrected chi connectivity index (χ2v) is 3.15. The number of hydrogen-bond acceptors (Lipinski definition) is 6. The molecular weight excluding hydrogens is 232 g/mol. The van der Waals surface area contributed by atoms with Crippen molar-refractivity contribution in [2.24, 2.45) is 0 Å². The predicted octanol–water partition coefficient (Wildman–Crippen LogP) is 1.01. The number of nitrogens with zero attached hydrogens (tertiary/aromatic N) is 2. The molecule has 0 aromatic heterocycles. The monoisotopic (exact) mass is 242 g/mol. The van der Waals surface area contributed by atoms with E-state index in [9.17, 15) is 20.2 Å². The molecule has 0 radical (unpaired) electrons. The zero-order valence-electron chi connectivity index (χ0n) is 8.74. The number of non-ortho nitro benzene ring substituents is 2. The standard InChI is InChI=1S/C9H10N2O6/c12-1-2-17-6-7-3-8(10(13)14)5-9(4-7)11(15)16/h3-5,12H,1-2,6H2. The van der Waals surface area contributed by atoms with Gasteiger partial charge in [0.05, 0.1) is 35.7 Å². The predicted molar refractivity (Wildman–Crippen MR) is 56.5 cm³/mol. The van der Waals surface area contributed by atoms with Gasteiger partial charge in [-0.15, -0.1) is 0 Å². The van der Waals surface area contributed by atoms with Crippen LogP contribution in [0.4, 0.5) is 11.4 Å². The first-order chi connectivity index (χ1) is 8.04. The Balaban J connectivity index is 2.95. The van der Waals surface area contributed by atoms with Crippen LogP contribution in [0.25, 0.3) is 0 Å². The molecule has 8 nitrogen and oxygen atoms in total. The molecule has 0 atom stereocenters. The Morgan fingerprint density at radius 1 is 1.12 bits per heavy atom. The number of nitro groups is 2. The lowest BCUT2D eigenvalue weighted by atomic mass is 10.2. The van der Waals surface area contributed by atoms with Gasteiger partial charge in [0, 0.05) is 12.1 Å². The molecule has 0 aliphatic heterocycles. The molecule has 0 saturated heterocycles. The highest BCUT2D eigenvalue weighted by atomic mass is 16.6. The molecule has 1 rings (SSSR count). The molecule has 0 heterocycles. The van der Waals surface area contributed by atoms with E-state index in [0.717, 1.165) is 6.07 Å². The number of benzene rings is 1. The molecule has 1 N–H and O–H groups in total. The molecule has 0 saturated carbocycles. The molecular formula is C9H10N2O6. The molecule has 1 aromatic carbocycles. The summed E-state index contributed by atoms with van der Waals surface area (Å²) in [5.41, 5.74) is -0.400. The minimum absolute atomic E-state index is 0.0247. The maximum atomic E-state index is 10.6. The summed E-state index contributed by atoms with van der Waals surface area (Å²) in [4.78, 5) is 19.7. The van der Waals surface area contributed by atoms with E-state index >= 15 is 0 Å². The summed E-state index contributed by atoms with van der Waals surface area (Å²) in [6.07, 6.45) is 0. The second kappa shape index (κ2) is 5.87. The third kappa shape index (κ3) is 3.78. The highest BCUT2D eigenvalue weighted by Gasteiger charge is 2.16. The van der Waals surface area contributed by atoms with E-state index in [1.807, 2.05) is 0 Å². The van der Waals surface area contributed by atoms with Crippen LogP contribution in [0.15, 0.2) is 18.2 Å². The van der Waals surface area contributed by atoms with E-state index in [1.165, 1.54) is 12.1 Å². The van der Waals surface area contributed by atoms with Crippen LogP contribution in [0.5, 0.6) is 0 Å². The Labute approximate surface area is 95.7 Å². The number of aliphatic hydroxyl groups excluding tert-OH is 1. The minimum atomic E-state index is -0.706. The third-order valence-corrected chi connectivity index (χ3v) is 1.89. The molecule has 17 heavy (non-hydrogen) atoms. The van der Waals surface area contributed by atoms with Gasteiger partial charge in [-0.3, -0.25) is 20.2 Å². The molecule has 0 spiro atoms. The fourth-order valence-electron chi connectivity index (χ4n) is 1.21. The minimum Gasteiger partial charge on any atom is -0.394 e. The Hall–Kier alpha value is -2.06. The van der Waals surface area contributed by atoms with E-state index < -0.39 is 9.85 Å². The van der Waals surface area contributed by atoms with Crippen LogP contribution in [0.3, 0.4) is 0 Å². The molecule has 0 unspecified atom stereocenters. The second-order valence-electron chi connectivity index (χ2n) is 3.15. The number of rotatable bonds is 6. The molecule has 0 aliphatic rings. The van der Waals surface area contributed by atoms with Gasteiger partial charge in [0.15, 0.2) is 0 Å². The van der Waals surface area contributed by atoms with Gasteiger partial charge in [0.1, 0.15) is 0 Å². The van der Waals surface area contributed by atoms with Crippen molar-refractivity contribution in [1.29, 1.82) is 0 Å². The van der Waals surface area contributed by atoms with E-state index in [0.29, 0.717) is 5.56 Å². The largest absolute Gasteiger partial charge is 0.394 e. The Morgan fingerprint density at radius 2 is 1.65 bits per heavy atom. The van der Waals surface area contributed by atoms with Crippen LogP contribution in [0, 0.1) is 20.2 Å². The maximum Gasteiger partial charge on any atom is 0.276 e. The van der Waals surface area contributed by atoms with Gasteiger partial charge in [-0.2, -0.15) is 0 Å². The summed E-state index contributed by atoms with van der Waals surface area (Å²) in [5, 5.41) is 29.6. The lowest BCUT2D eigenvalue weighted by Crippen LogP contribution is -2.01. The summed E-state index contributed by atoms with van der Waals surface area (Å²) < 4.78 is 4.94. The smallest absolute Gasteiger partial charge is 0.276 e. The van der Waals surface area contributed by atoms with Crippen molar-refractivity contribution in [2.45, 2.75) is 6.61 Å². The van der Waals surface area contributed by atoms with Gasteiger partial charge in [-0.25, -0.2) is 0 Å². The van der Waals surface area contributed by atoms with Crippen molar-refractivity contribution >= 4 is 11.4 Å². The molecule has 0 bridgehead atoms. The van der Waals surface area contributed by atoms with Crippen LogP contribution >= 0.6 is 0 Å². The zero-order chi connectivity index (χ0) is 12.8. The van der Waals surface area contributed by atoms with Gasteiger partial charge in [0.2, 0.25) is 0 Å². The molecule has 0 aliphatic carbocycles. The topological polar surface area (TPSA) is 116 Å². The van der Waals surface area contributed by atoms with Gasteiger partial charge in [0.25, 0.3) is 11.4 Å². The number of nitro benzene ring substituents is 2. The Kier molecular flexibility index (Phi) is 4.49. The number of aliphatic hydroxyl groups is 1. The van der Waals surface area contributed by atoms with E-state index in [1.54, 1.807) is 0 Å². The van der Waals surface area contributed by atoms with E-state index in [4.69, 9.17) is 9.84 Å². The SMILES string of the molecule is O=[N+]([O-])c1cc(COCCO)cc([N+](=O)[O-])c1. The zero-order valence-corrected chi connectivity index (χ0v) is 8.74. The molecule has 1 aromatic rings. The average Bonchev–Trinajstić information content (AvgIpc) is 2.29. The molecule has 0 amide bonds. The lowest BCUT2D eigenvalue weighted by Gasteiger charge is -2.02. The highest BCUT2D eigenvalue weighted by Crippen LogP contribution is 2.22. The summed E-state index contributed by atoms with van der Waals surface area (Å²) >= 11 is 0.